The van der Waals surface area contributed by atoms with Gasteiger partial charge in [0.25, 0.3) is 17.5 Å². The Morgan fingerprint density at radius 2 is 1.75 bits per heavy atom. The maximum absolute atomic E-state index is 12.8. The molecule has 2 aromatic rings. The third-order valence-corrected chi connectivity index (χ3v) is 4.62. The minimum atomic E-state index is -0.508. The van der Waals surface area contributed by atoms with Crippen molar-refractivity contribution in [2.45, 2.75) is 19.8 Å². The van der Waals surface area contributed by atoms with Gasteiger partial charge in [-0.3, -0.25) is 19.7 Å². The van der Waals surface area contributed by atoms with Gasteiger partial charge in [0.2, 0.25) is 0 Å². The molecule has 28 heavy (non-hydrogen) atoms. The van der Waals surface area contributed by atoms with Gasteiger partial charge in [-0.15, -0.1) is 0 Å². The molecular weight excluding hydrogens is 360 g/mol. The van der Waals surface area contributed by atoms with E-state index in [0.717, 1.165) is 25.9 Å². The van der Waals surface area contributed by atoms with Crippen LogP contribution in [0, 0.1) is 10.1 Å². The summed E-state index contributed by atoms with van der Waals surface area (Å²) in [4.78, 5) is 37.4. The van der Waals surface area contributed by atoms with Crippen LogP contribution in [0.1, 0.15) is 40.5 Å². The Kier molecular flexibility index (Phi) is 5.88. The number of hydrogen-bond donors (Lipinski definition) is 2. The predicted octanol–water partition coefficient (Wildman–Crippen LogP) is 3.20. The number of nitro groups is 1. The van der Waals surface area contributed by atoms with Crippen LogP contribution in [0.3, 0.4) is 0 Å². The van der Waals surface area contributed by atoms with Gasteiger partial charge in [-0.1, -0.05) is 0 Å². The van der Waals surface area contributed by atoms with E-state index in [0.29, 0.717) is 23.5 Å². The lowest BCUT2D eigenvalue weighted by Crippen LogP contribution is -2.23. The first-order chi connectivity index (χ1) is 13.5. The van der Waals surface area contributed by atoms with E-state index in [1.807, 2.05) is 6.92 Å². The molecule has 0 radical (unpaired) electrons. The Hall–Kier alpha value is -3.42. The molecule has 1 heterocycles. The molecule has 2 N–H and O–H groups in total. The molecule has 0 bridgehead atoms. The topological polar surface area (TPSA) is 105 Å². The molecule has 3 rings (SSSR count). The highest BCUT2D eigenvalue weighted by molar-refractivity contribution is 6.08. The zero-order valence-corrected chi connectivity index (χ0v) is 15.6. The zero-order valence-electron chi connectivity index (χ0n) is 15.6. The van der Waals surface area contributed by atoms with Crippen molar-refractivity contribution in [3.05, 3.63) is 63.7 Å². The summed E-state index contributed by atoms with van der Waals surface area (Å²) in [5.41, 5.74) is 1.84. The highest BCUT2D eigenvalue weighted by Crippen LogP contribution is 2.29. The first kappa shape index (κ1) is 19.3. The molecule has 8 heteroatoms. The number of nitrogens with zero attached hydrogens (tertiary/aromatic N) is 2. The first-order valence-corrected chi connectivity index (χ1v) is 9.22. The van der Waals surface area contributed by atoms with Crippen LogP contribution in [0.5, 0.6) is 0 Å². The molecule has 0 spiro atoms. The fourth-order valence-electron chi connectivity index (χ4n) is 3.22. The van der Waals surface area contributed by atoms with Gasteiger partial charge in [0, 0.05) is 43.0 Å². The normalized spacial score (nSPS) is 13.2. The smallest absolute Gasteiger partial charge is 0.270 e. The van der Waals surface area contributed by atoms with Gasteiger partial charge in [0.05, 0.1) is 16.2 Å². The SMILES string of the molecule is CCNC(=O)c1ccc(NC(=O)c2cc([N+](=O)[O-])ccc2N2CCCC2)cc1. The molecule has 0 aromatic heterocycles. The van der Waals surface area contributed by atoms with Gasteiger partial charge >= 0.3 is 0 Å². The van der Waals surface area contributed by atoms with E-state index in [2.05, 4.69) is 15.5 Å². The van der Waals surface area contributed by atoms with Crippen molar-refractivity contribution >= 4 is 28.9 Å². The fourth-order valence-corrected chi connectivity index (χ4v) is 3.22. The van der Waals surface area contributed by atoms with E-state index < -0.39 is 10.8 Å². The van der Waals surface area contributed by atoms with Crippen molar-refractivity contribution < 1.29 is 14.5 Å². The number of nitro benzene ring substituents is 1. The Labute approximate surface area is 162 Å². The van der Waals surface area contributed by atoms with Crippen LogP contribution in [0.25, 0.3) is 0 Å². The minimum absolute atomic E-state index is 0.125. The second-order valence-electron chi connectivity index (χ2n) is 6.54. The average molecular weight is 382 g/mol. The van der Waals surface area contributed by atoms with Gasteiger partial charge in [-0.05, 0) is 50.1 Å². The second-order valence-corrected chi connectivity index (χ2v) is 6.54. The molecular formula is C20H22N4O4. The van der Waals surface area contributed by atoms with Crippen LogP contribution in [0.15, 0.2) is 42.5 Å². The van der Waals surface area contributed by atoms with E-state index in [1.54, 1.807) is 30.3 Å². The lowest BCUT2D eigenvalue weighted by molar-refractivity contribution is -0.384. The molecule has 0 aliphatic carbocycles. The molecule has 1 fully saturated rings. The van der Waals surface area contributed by atoms with Crippen LogP contribution < -0.4 is 15.5 Å². The average Bonchev–Trinajstić information content (AvgIpc) is 3.22. The highest BCUT2D eigenvalue weighted by atomic mass is 16.6. The van der Waals surface area contributed by atoms with E-state index in [-0.39, 0.29) is 17.2 Å². The number of benzene rings is 2. The molecule has 1 aliphatic rings. The largest absolute Gasteiger partial charge is 0.371 e. The third kappa shape index (κ3) is 4.28. The number of hydrogen-bond acceptors (Lipinski definition) is 5. The summed E-state index contributed by atoms with van der Waals surface area (Å²) >= 11 is 0. The number of anilines is 2. The van der Waals surface area contributed by atoms with Crippen molar-refractivity contribution in [1.29, 1.82) is 0 Å². The number of nitrogens with one attached hydrogen (secondary N) is 2. The van der Waals surface area contributed by atoms with Gasteiger partial charge in [0.15, 0.2) is 0 Å². The Morgan fingerprint density at radius 3 is 2.36 bits per heavy atom. The minimum Gasteiger partial charge on any atom is -0.371 e. The fraction of sp³-hybridized carbons (Fsp3) is 0.300. The lowest BCUT2D eigenvalue weighted by Gasteiger charge is -2.21. The lowest BCUT2D eigenvalue weighted by atomic mass is 10.1. The number of amides is 2. The maximum atomic E-state index is 12.8. The molecule has 146 valence electrons. The van der Waals surface area contributed by atoms with Gasteiger partial charge in [-0.2, -0.15) is 0 Å². The number of carbonyl (C=O) groups is 2. The van der Waals surface area contributed by atoms with Crippen molar-refractivity contribution in [3.8, 4) is 0 Å². The van der Waals surface area contributed by atoms with E-state index in [1.165, 1.54) is 12.1 Å². The zero-order chi connectivity index (χ0) is 20.1. The van der Waals surface area contributed by atoms with Crippen LogP contribution in [-0.4, -0.2) is 36.4 Å². The van der Waals surface area contributed by atoms with Crippen LogP contribution in [-0.2, 0) is 0 Å². The second kappa shape index (κ2) is 8.51. The van der Waals surface area contributed by atoms with E-state index >= 15 is 0 Å². The third-order valence-electron chi connectivity index (χ3n) is 4.62. The van der Waals surface area contributed by atoms with Gasteiger partial charge < -0.3 is 15.5 Å². The molecule has 1 aliphatic heterocycles. The highest BCUT2D eigenvalue weighted by Gasteiger charge is 2.22. The van der Waals surface area contributed by atoms with Gasteiger partial charge in [0.1, 0.15) is 0 Å². The molecule has 0 saturated carbocycles. The van der Waals surface area contributed by atoms with Crippen molar-refractivity contribution in [3.63, 3.8) is 0 Å². The molecule has 1 saturated heterocycles. The predicted molar refractivity (Wildman–Crippen MR) is 107 cm³/mol. The van der Waals surface area contributed by atoms with Crippen molar-refractivity contribution in [2.24, 2.45) is 0 Å². The number of non-ortho nitro benzene ring substituents is 1. The van der Waals surface area contributed by atoms with E-state index in [4.69, 9.17) is 0 Å². The molecule has 8 nitrogen and oxygen atoms in total. The number of rotatable bonds is 6. The monoisotopic (exact) mass is 382 g/mol. The summed E-state index contributed by atoms with van der Waals surface area (Å²) in [5, 5.41) is 16.6. The summed E-state index contributed by atoms with van der Waals surface area (Å²) in [6.45, 7) is 4.01. The summed E-state index contributed by atoms with van der Waals surface area (Å²) in [6.07, 6.45) is 2.05. The summed E-state index contributed by atoms with van der Waals surface area (Å²) in [7, 11) is 0. The quantitative estimate of drug-likeness (QED) is 0.590. The Bertz CT molecular complexity index is 890. The van der Waals surface area contributed by atoms with Crippen molar-refractivity contribution in [1.82, 2.24) is 5.32 Å². The Balaban J connectivity index is 1.83. The standard InChI is InChI=1S/C20H22N4O4/c1-2-21-19(25)14-5-7-15(8-6-14)22-20(26)17-13-16(24(27)28)9-10-18(17)23-11-3-4-12-23/h5-10,13H,2-4,11-12H2,1H3,(H,21,25)(H,22,26). The van der Waals surface area contributed by atoms with Gasteiger partial charge in [-0.25, -0.2) is 0 Å². The van der Waals surface area contributed by atoms with Crippen LogP contribution >= 0.6 is 0 Å². The van der Waals surface area contributed by atoms with Crippen LogP contribution in [0.2, 0.25) is 0 Å². The van der Waals surface area contributed by atoms with Crippen molar-refractivity contribution in [2.75, 3.05) is 29.9 Å². The van der Waals surface area contributed by atoms with Crippen LogP contribution in [0.4, 0.5) is 17.1 Å². The Morgan fingerprint density at radius 1 is 1.07 bits per heavy atom. The molecule has 0 unspecified atom stereocenters. The number of carbonyl (C=O) groups excluding carboxylic acids is 2. The summed E-state index contributed by atoms with van der Waals surface area (Å²) < 4.78 is 0. The first-order valence-electron chi connectivity index (χ1n) is 9.22. The molecule has 2 aromatic carbocycles. The molecule has 0 atom stereocenters. The van der Waals surface area contributed by atoms with E-state index in [9.17, 15) is 19.7 Å². The molecule has 2 amide bonds. The maximum Gasteiger partial charge on any atom is 0.270 e. The summed E-state index contributed by atoms with van der Waals surface area (Å²) in [6, 6.07) is 10.9. The summed E-state index contributed by atoms with van der Waals surface area (Å²) in [5.74, 6) is -0.605.